The van der Waals surface area contributed by atoms with Gasteiger partial charge in [0.1, 0.15) is 13.1 Å². The van der Waals surface area contributed by atoms with E-state index in [2.05, 4.69) is 0 Å². The summed E-state index contributed by atoms with van der Waals surface area (Å²) in [7, 11) is 0. The van der Waals surface area contributed by atoms with Crippen molar-refractivity contribution in [2.24, 2.45) is 5.92 Å². The molecule has 0 unspecified atom stereocenters. The third-order valence-electron chi connectivity index (χ3n) is 4.40. The van der Waals surface area contributed by atoms with Crippen molar-refractivity contribution in [2.75, 3.05) is 26.3 Å². The SMILES string of the molecule is CC(C)C(=O)C1=Cc2cc(Cl)cc([N+](=O)[O-])c2O[C@H]1[NH+]1CCOCC1. The number of quaternary nitrogens is 1. The average Bonchev–Trinajstić information content (AvgIpc) is 2.59. The van der Waals surface area contributed by atoms with Gasteiger partial charge in [-0.15, -0.1) is 0 Å². The molecule has 0 aliphatic carbocycles. The van der Waals surface area contributed by atoms with E-state index >= 15 is 0 Å². The van der Waals surface area contributed by atoms with Crippen molar-refractivity contribution < 1.29 is 24.1 Å². The van der Waals surface area contributed by atoms with Crippen LogP contribution < -0.4 is 9.64 Å². The Morgan fingerprint density at radius 2 is 2.04 bits per heavy atom. The predicted octanol–water partition coefficient (Wildman–Crippen LogP) is 1.49. The number of nitro benzene ring substituents is 1. The standard InChI is InChI=1S/C17H19ClN2O5/c1-10(2)15(21)13-8-11-7-12(18)9-14(20(22)23)16(11)25-17(13)19-3-5-24-6-4-19/h7-10,17H,3-6H2,1-2H3/p+1/t17-/m1/s1. The molecule has 3 rings (SSSR count). The number of halogens is 1. The van der Waals surface area contributed by atoms with Gasteiger partial charge in [0.15, 0.2) is 5.78 Å². The molecule has 1 aromatic rings. The Morgan fingerprint density at radius 1 is 1.36 bits per heavy atom. The zero-order valence-electron chi connectivity index (χ0n) is 14.1. The lowest BCUT2D eigenvalue weighted by molar-refractivity contribution is -0.944. The summed E-state index contributed by atoms with van der Waals surface area (Å²) < 4.78 is 11.4. The first-order valence-electron chi connectivity index (χ1n) is 8.21. The molecule has 1 fully saturated rings. The van der Waals surface area contributed by atoms with Crippen LogP contribution >= 0.6 is 11.6 Å². The number of hydrogen-bond acceptors (Lipinski definition) is 5. The van der Waals surface area contributed by atoms with Gasteiger partial charge in [0.25, 0.3) is 6.23 Å². The van der Waals surface area contributed by atoms with Gasteiger partial charge in [-0.25, -0.2) is 0 Å². The van der Waals surface area contributed by atoms with Gasteiger partial charge in [-0.3, -0.25) is 19.8 Å². The summed E-state index contributed by atoms with van der Waals surface area (Å²) in [5.74, 6) is -0.0653. The van der Waals surface area contributed by atoms with Crippen molar-refractivity contribution >= 4 is 29.1 Å². The number of benzene rings is 1. The molecule has 2 heterocycles. The summed E-state index contributed by atoms with van der Waals surface area (Å²) in [6.07, 6.45) is 1.11. The number of ether oxygens (including phenoxy) is 2. The molecule has 2 aliphatic heterocycles. The van der Waals surface area contributed by atoms with Gasteiger partial charge in [-0.1, -0.05) is 25.4 Å². The molecule has 134 valence electrons. The number of nitrogens with zero attached hydrogens (tertiary/aromatic N) is 1. The first kappa shape index (κ1) is 17.8. The Hall–Kier alpha value is -1.96. The largest absolute Gasteiger partial charge is 0.430 e. The summed E-state index contributed by atoms with van der Waals surface area (Å²) in [6, 6.07) is 2.86. The van der Waals surface area contributed by atoms with Gasteiger partial charge in [-0.05, 0) is 12.1 Å². The lowest BCUT2D eigenvalue weighted by atomic mass is 9.94. The summed E-state index contributed by atoms with van der Waals surface area (Å²) in [6.45, 7) is 6.12. The number of carbonyl (C=O) groups is 1. The van der Waals surface area contributed by atoms with Crippen LogP contribution in [0.5, 0.6) is 5.75 Å². The van der Waals surface area contributed by atoms with Gasteiger partial charge in [-0.2, -0.15) is 0 Å². The zero-order valence-corrected chi connectivity index (χ0v) is 14.8. The molecular weight excluding hydrogens is 348 g/mol. The van der Waals surface area contributed by atoms with Crippen LogP contribution in [0, 0.1) is 16.0 Å². The topological polar surface area (TPSA) is 83.1 Å². The fraction of sp³-hybridized carbons (Fsp3) is 0.471. The third kappa shape index (κ3) is 3.53. The number of carbonyl (C=O) groups excluding carboxylic acids is 1. The third-order valence-corrected chi connectivity index (χ3v) is 4.62. The molecule has 0 spiro atoms. The first-order chi connectivity index (χ1) is 11.9. The number of fused-ring (bicyclic) bond motifs is 1. The maximum absolute atomic E-state index is 12.7. The normalized spacial score (nSPS) is 20.6. The van der Waals surface area contributed by atoms with Crippen molar-refractivity contribution in [3.05, 3.63) is 38.4 Å². The highest BCUT2D eigenvalue weighted by molar-refractivity contribution is 6.31. The molecule has 0 radical (unpaired) electrons. The predicted molar refractivity (Wildman–Crippen MR) is 91.9 cm³/mol. The molecule has 1 saturated heterocycles. The van der Waals surface area contributed by atoms with E-state index in [1.807, 2.05) is 13.8 Å². The van der Waals surface area contributed by atoms with Crippen LogP contribution in [0.15, 0.2) is 17.7 Å². The fourth-order valence-electron chi connectivity index (χ4n) is 3.13. The monoisotopic (exact) mass is 367 g/mol. The van der Waals surface area contributed by atoms with E-state index in [1.165, 1.54) is 6.07 Å². The van der Waals surface area contributed by atoms with Gasteiger partial charge < -0.3 is 9.47 Å². The molecular formula is C17H20ClN2O5+. The average molecular weight is 368 g/mol. The van der Waals surface area contributed by atoms with Crippen molar-refractivity contribution in [1.29, 1.82) is 0 Å². The van der Waals surface area contributed by atoms with Crippen LogP contribution in [0.25, 0.3) is 6.08 Å². The number of Topliss-reactive ketones (excluding diaryl/α,β-unsaturated/α-hetero) is 1. The minimum absolute atomic E-state index is 0.0303. The number of rotatable bonds is 4. The van der Waals surface area contributed by atoms with Gasteiger partial charge >= 0.3 is 5.69 Å². The molecule has 0 saturated carbocycles. The minimum atomic E-state index is -0.578. The quantitative estimate of drug-likeness (QED) is 0.644. The lowest BCUT2D eigenvalue weighted by Gasteiger charge is -2.34. The summed E-state index contributed by atoms with van der Waals surface area (Å²) in [4.78, 5) is 24.6. The number of nitro groups is 1. The van der Waals surface area contributed by atoms with Crippen molar-refractivity contribution in [1.82, 2.24) is 0 Å². The van der Waals surface area contributed by atoms with Crippen molar-refractivity contribution in [2.45, 2.75) is 20.1 Å². The second-order valence-electron chi connectivity index (χ2n) is 6.49. The smallest absolute Gasteiger partial charge is 0.313 e. The van der Waals surface area contributed by atoms with E-state index in [1.54, 1.807) is 12.1 Å². The summed E-state index contributed by atoms with van der Waals surface area (Å²) in [5, 5.41) is 11.6. The molecule has 25 heavy (non-hydrogen) atoms. The first-order valence-corrected chi connectivity index (χ1v) is 8.59. The summed E-state index contributed by atoms with van der Waals surface area (Å²) >= 11 is 6.00. The van der Waals surface area contributed by atoms with Crippen molar-refractivity contribution in [3.8, 4) is 5.75 Å². The number of ketones is 1. The molecule has 1 atom stereocenters. The van der Waals surface area contributed by atoms with Crippen molar-refractivity contribution in [3.63, 3.8) is 0 Å². The highest BCUT2D eigenvalue weighted by Crippen LogP contribution is 2.39. The fourth-order valence-corrected chi connectivity index (χ4v) is 3.35. The number of nitrogens with one attached hydrogen (secondary N) is 1. The zero-order chi connectivity index (χ0) is 18.1. The molecule has 0 amide bonds. The number of morpholine rings is 1. The molecule has 0 bridgehead atoms. The minimum Gasteiger partial charge on any atom is -0.430 e. The molecule has 2 aliphatic rings. The van der Waals surface area contributed by atoms with Crippen LogP contribution in [0.3, 0.4) is 0 Å². The Balaban J connectivity index is 2.10. The molecule has 8 heteroatoms. The highest BCUT2D eigenvalue weighted by Gasteiger charge is 2.39. The van der Waals surface area contributed by atoms with Gasteiger partial charge in [0, 0.05) is 22.6 Å². The Bertz CT molecular complexity index is 741. The van der Waals surface area contributed by atoms with E-state index in [9.17, 15) is 14.9 Å². The maximum atomic E-state index is 12.7. The van der Waals surface area contributed by atoms with E-state index in [0.717, 1.165) is 4.90 Å². The second kappa shape index (κ2) is 7.11. The molecule has 7 nitrogen and oxygen atoms in total. The van der Waals surface area contributed by atoms with Crippen LogP contribution in [0.4, 0.5) is 5.69 Å². The molecule has 1 N–H and O–H groups in total. The summed E-state index contributed by atoms with van der Waals surface area (Å²) in [5.41, 5.74) is 0.801. The van der Waals surface area contributed by atoms with Crippen LogP contribution in [-0.4, -0.2) is 43.2 Å². The lowest BCUT2D eigenvalue weighted by Crippen LogP contribution is -3.19. The number of hydrogen-bond donors (Lipinski definition) is 1. The molecule has 0 aromatic heterocycles. The second-order valence-corrected chi connectivity index (χ2v) is 6.92. The van der Waals surface area contributed by atoms with E-state index in [4.69, 9.17) is 21.1 Å². The Morgan fingerprint density at radius 3 is 2.64 bits per heavy atom. The van der Waals surface area contributed by atoms with E-state index in [-0.39, 0.29) is 28.2 Å². The van der Waals surface area contributed by atoms with Crippen LogP contribution in [0.2, 0.25) is 5.02 Å². The molecule has 1 aromatic carbocycles. The highest BCUT2D eigenvalue weighted by atomic mass is 35.5. The van der Waals surface area contributed by atoms with Gasteiger partial charge in [0.05, 0.1) is 23.7 Å². The Labute approximate surface area is 150 Å². The van der Waals surface area contributed by atoms with E-state index < -0.39 is 11.2 Å². The Kier molecular flexibility index (Phi) is 5.08. The van der Waals surface area contributed by atoms with Gasteiger partial charge in [0.2, 0.25) is 5.75 Å². The van der Waals surface area contributed by atoms with E-state index in [0.29, 0.717) is 37.4 Å². The van der Waals surface area contributed by atoms with Crippen LogP contribution in [0.1, 0.15) is 19.4 Å². The van der Waals surface area contributed by atoms with Crippen LogP contribution in [-0.2, 0) is 9.53 Å². The maximum Gasteiger partial charge on any atom is 0.313 e.